The number of carbonyl (C=O) groups is 2. The normalized spacial score (nSPS) is 10.1. The fraction of sp³-hybridized carbons (Fsp3) is 0.800. The van der Waals surface area contributed by atoms with E-state index in [0.717, 1.165) is 18.2 Å². The van der Waals surface area contributed by atoms with Gasteiger partial charge in [0.15, 0.2) is 0 Å². The van der Waals surface area contributed by atoms with Crippen molar-refractivity contribution in [1.29, 1.82) is 0 Å². The van der Waals surface area contributed by atoms with Gasteiger partial charge in [0.05, 0.1) is 6.54 Å². The fourth-order valence-electron chi connectivity index (χ4n) is 1.02. The molecule has 15 heavy (non-hydrogen) atoms. The van der Waals surface area contributed by atoms with Crippen LogP contribution < -0.4 is 10.6 Å². The minimum absolute atomic E-state index is 0.0603. The molecule has 0 fully saturated rings. The van der Waals surface area contributed by atoms with Crippen molar-refractivity contribution >= 4 is 27.7 Å². The molecule has 0 aliphatic heterocycles. The van der Waals surface area contributed by atoms with Crippen LogP contribution in [-0.2, 0) is 9.59 Å². The first kappa shape index (κ1) is 14.4. The summed E-state index contributed by atoms with van der Waals surface area (Å²) in [6.07, 6.45) is 2.31. The van der Waals surface area contributed by atoms with Crippen LogP contribution in [-0.4, -0.2) is 29.7 Å². The summed E-state index contributed by atoms with van der Waals surface area (Å²) in [6.45, 7) is 3.84. The Morgan fingerprint density at radius 1 is 1.20 bits per heavy atom. The Morgan fingerprint density at radius 2 is 1.87 bits per heavy atom. The summed E-state index contributed by atoms with van der Waals surface area (Å²) in [6, 6.07) is 0.114. The summed E-state index contributed by atoms with van der Waals surface area (Å²) in [5.41, 5.74) is 0. The summed E-state index contributed by atoms with van der Waals surface area (Å²) in [5.74, 6) is -0.200. The highest BCUT2D eigenvalue weighted by Crippen LogP contribution is 1.97. The minimum atomic E-state index is -0.140. The van der Waals surface area contributed by atoms with Crippen molar-refractivity contribution in [1.82, 2.24) is 10.6 Å². The molecule has 0 aromatic heterocycles. The van der Waals surface area contributed by atoms with Gasteiger partial charge in [0, 0.05) is 17.8 Å². The molecule has 0 aliphatic carbocycles. The van der Waals surface area contributed by atoms with E-state index >= 15 is 0 Å². The van der Waals surface area contributed by atoms with Crippen molar-refractivity contribution in [3.05, 3.63) is 0 Å². The Kier molecular flexibility index (Phi) is 8.37. The predicted molar refractivity (Wildman–Crippen MR) is 63.9 cm³/mol. The van der Waals surface area contributed by atoms with Gasteiger partial charge < -0.3 is 10.6 Å². The largest absolute Gasteiger partial charge is 0.352 e. The maximum Gasteiger partial charge on any atom is 0.239 e. The van der Waals surface area contributed by atoms with Gasteiger partial charge in [-0.05, 0) is 26.7 Å². The second-order valence-electron chi connectivity index (χ2n) is 3.65. The molecule has 0 bridgehead atoms. The first-order chi connectivity index (χ1) is 7.06. The van der Waals surface area contributed by atoms with Crippen LogP contribution in [0.25, 0.3) is 0 Å². The number of alkyl halides is 1. The minimum Gasteiger partial charge on any atom is -0.352 e. The number of unbranched alkanes of at least 4 members (excludes halogenated alkanes) is 1. The molecule has 2 N–H and O–H groups in total. The first-order valence-corrected chi connectivity index (χ1v) is 6.30. The molecule has 0 radical (unpaired) electrons. The summed E-state index contributed by atoms with van der Waals surface area (Å²) in [4.78, 5) is 22.4. The quantitative estimate of drug-likeness (QED) is 0.543. The number of nitrogens with one attached hydrogen (secondary N) is 2. The zero-order valence-corrected chi connectivity index (χ0v) is 10.9. The molecule has 0 spiro atoms. The van der Waals surface area contributed by atoms with Gasteiger partial charge >= 0.3 is 0 Å². The third kappa shape index (κ3) is 9.72. The summed E-state index contributed by atoms with van der Waals surface area (Å²) in [5, 5.41) is 6.20. The lowest BCUT2D eigenvalue weighted by Gasteiger charge is -2.08. The van der Waals surface area contributed by atoms with Crippen molar-refractivity contribution < 1.29 is 9.59 Å². The lowest BCUT2D eigenvalue weighted by atomic mass is 10.2. The fourth-order valence-corrected chi connectivity index (χ4v) is 1.42. The zero-order valence-electron chi connectivity index (χ0n) is 9.31. The molecule has 0 heterocycles. The number of halogens is 1. The van der Waals surface area contributed by atoms with Crippen molar-refractivity contribution in [3.8, 4) is 0 Å². The Labute approximate surface area is 99.3 Å². The lowest BCUT2D eigenvalue weighted by Crippen LogP contribution is -2.39. The van der Waals surface area contributed by atoms with E-state index in [9.17, 15) is 9.59 Å². The first-order valence-electron chi connectivity index (χ1n) is 5.18. The Hall–Kier alpha value is -0.580. The topological polar surface area (TPSA) is 58.2 Å². The van der Waals surface area contributed by atoms with Crippen LogP contribution in [0.2, 0.25) is 0 Å². The highest BCUT2D eigenvalue weighted by molar-refractivity contribution is 9.09. The van der Waals surface area contributed by atoms with E-state index in [1.54, 1.807) is 0 Å². The van der Waals surface area contributed by atoms with Crippen molar-refractivity contribution in [2.24, 2.45) is 0 Å². The highest BCUT2D eigenvalue weighted by Gasteiger charge is 2.05. The van der Waals surface area contributed by atoms with E-state index in [1.165, 1.54) is 0 Å². The van der Waals surface area contributed by atoms with E-state index in [4.69, 9.17) is 0 Å². The summed E-state index contributed by atoms with van der Waals surface area (Å²) in [7, 11) is 0. The SMILES string of the molecule is CC(C)NC(=O)CNC(=O)CCCCBr. The van der Waals surface area contributed by atoms with Gasteiger partial charge in [-0.2, -0.15) is 0 Å². The molecule has 0 saturated carbocycles. The molecule has 2 amide bonds. The molecule has 0 aromatic carbocycles. The van der Waals surface area contributed by atoms with Gasteiger partial charge in [-0.3, -0.25) is 9.59 Å². The molecule has 0 aliphatic rings. The van der Waals surface area contributed by atoms with E-state index in [0.29, 0.717) is 6.42 Å². The average molecular weight is 279 g/mol. The maximum absolute atomic E-state index is 11.2. The smallest absolute Gasteiger partial charge is 0.239 e. The van der Waals surface area contributed by atoms with Gasteiger partial charge in [0.1, 0.15) is 0 Å². The molecule has 0 unspecified atom stereocenters. The van der Waals surface area contributed by atoms with Crippen LogP contribution in [0.1, 0.15) is 33.1 Å². The Balaban J connectivity index is 3.49. The Morgan fingerprint density at radius 3 is 2.40 bits per heavy atom. The molecule has 0 atom stereocenters. The lowest BCUT2D eigenvalue weighted by molar-refractivity contribution is -0.126. The number of carbonyl (C=O) groups excluding carboxylic acids is 2. The molecule has 88 valence electrons. The van der Waals surface area contributed by atoms with Gasteiger partial charge in [0.25, 0.3) is 0 Å². The van der Waals surface area contributed by atoms with Crippen molar-refractivity contribution in [2.75, 3.05) is 11.9 Å². The molecule has 4 nitrogen and oxygen atoms in total. The second kappa shape index (κ2) is 8.71. The van der Waals surface area contributed by atoms with E-state index in [1.807, 2.05) is 13.8 Å². The van der Waals surface area contributed by atoms with Crippen LogP contribution in [0.4, 0.5) is 0 Å². The van der Waals surface area contributed by atoms with Crippen LogP contribution in [0.5, 0.6) is 0 Å². The average Bonchev–Trinajstić information content (AvgIpc) is 2.14. The van der Waals surface area contributed by atoms with Crippen LogP contribution in [0, 0.1) is 0 Å². The molecular formula is C10H19BrN2O2. The van der Waals surface area contributed by atoms with Crippen LogP contribution in [0.3, 0.4) is 0 Å². The summed E-state index contributed by atoms with van der Waals surface area (Å²) >= 11 is 3.29. The van der Waals surface area contributed by atoms with E-state index in [-0.39, 0.29) is 24.4 Å². The van der Waals surface area contributed by atoms with Gasteiger partial charge in [0.2, 0.25) is 11.8 Å². The second-order valence-corrected chi connectivity index (χ2v) is 4.44. The third-order valence-electron chi connectivity index (χ3n) is 1.68. The number of hydrogen-bond donors (Lipinski definition) is 2. The van der Waals surface area contributed by atoms with Gasteiger partial charge in [-0.15, -0.1) is 0 Å². The van der Waals surface area contributed by atoms with Crippen molar-refractivity contribution in [2.45, 2.75) is 39.2 Å². The molecule has 5 heteroatoms. The monoisotopic (exact) mass is 278 g/mol. The van der Waals surface area contributed by atoms with Gasteiger partial charge in [-0.25, -0.2) is 0 Å². The number of amides is 2. The predicted octanol–water partition coefficient (Wildman–Crippen LogP) is 1.19. The maximum atomic E-state index is 11.2. The van der Waals surface area contributed by atoms with E-state index < -0.39 is 0 Å². The zero-order chi connectivity index (χ0) is 11.7. The summed E-state index contributed by atoms with van der Waals surface area (Å²) < 4.78 is 0. The molecular weight excluding hydrogens is 260 g/mol. The number of hydrogen-bond acceptors (Lipinski definition) is 2. The standard InChI is InChI=1S/C10H19BrN2O2/c1-8(2)13-10(15)7-12-9(14)5-3-4-6-11/h8H,3-7H2,1-2H3,(H,12,14)(H,13,15). The highest BCUT2D eigenvalue weighted by atomic mass is 79.9. The Bertz CT molecular complexity index is 208. The van der Waals surface area contributed by atoms with Crippen molar-refractivity contribution in [3.63, 3.8) is 0 Å². The van der Waals surface area contributed by atoms with E-state index in [2.05, 4.69) is 26.6 Å². The number of rotatable bonds is 7. The van der Waals surface area contributed by atoms with Crippen LogP contribution in [0.15, 0.2) is 0 Å². The molecule has 0 aromatic rings. The third-order valence-corrected chi connectivity index (χ3v) is 2.24. The molecule has 0 saturated heterocycles. The molecule has 0 rings (SSSR count). The van der Waals surface area contributed by atoms with Crippen LogP contribution >= 0.6 is 15.9 Å². The van der Waals surface area contributed by atoms with Gasteiger partial charge in [-0.1, -0.05) is 15.9 Å².